The highest BCUT2D eigenvalue weighted by Gasteiger charge is 2.41. The van der Waals surface area contributed by atoms with Crippen molar-refractivity contribution in [2.45, 2.75) is 69.5 Å². The van der Waals surface area contributed by atoms with Crippen LogP contribution in [0, 0.1) is 12.8 Å². The van der Waals surface area contributed by atoms with Crippen molar-refractivity contribution in [2.24, 2.45) is 5.92 Å². The predicted molar refractivity (Wildman–Crippen MR) is 147 cm³/mol. The minimum atomic E-state index is -3.66. The van der Waals surface area contributed by atoms with E-state index in [1.165, 1.54) is 0 Å². The van der Waals surface area contributed by atoms with Gasteiger partial charge in [0.25, 0.3) is 11.8 Å². The van der Waals surface area contributed by atoms with Gasteiger partial charge in [0.1, 0.15) is 11.4 Å². The molecule has 0 radical (unpaired) electrons. The Hall–Kier alpha value is -3.53. The minimum Gasteiger partial charge on any atom is -0.340 e. The first-order valence-corrected chi connectivity index (χ1v) is 15.4. The number of aromatic nitrogens is 3. The predicted octanol–water partition coefficient (Wildman–Crippen LogP) is 4.23. The number of carbonyl (C=O) groups excluding carboxylic acids is 2. The lowest BCUT2D eigenvalue weighted by Gasteiger charge is -2.34. The van der Waals surface area contributed by atoms with Gasteiger partial charge in [-0.2, -0.15) is 0 Å². The molecule has 2 amide bonds. The number of rotatable bonds is 7. The van der Waals surface area contributed by atoms with Crippen LogP contribution < -0.4 is 0 Å². The molecule has 9 nitrogen and oxygen atoms in total. The van der Waals surface area contributed by atoms with Crippen LogP contribution in [0.5, 0.6) is 0 Å². The first-order valence-electron chi connectivity index (χ1n) is 13.5. The number of benzene rings is 1. The number of amides is 2. The van der Waals surface area contributed by atoms with E-state index in [1.807, 2.05) is 44.0 Å². The number of nitrogens with one attached hydrogen (secondary N) is 1. The summed E-state index contributed by atoms with van der Waals surface area (Å²) in [7, 11) is -1.83. The second kappa shape index (κ2) is 9.29. The summed E-state index contributed by atoms with van der Waals surface area (Å²) in [5.41, 5.74) is 4.06. The number of aromatic amines is 1. The van der Waals surface area contributed by atoms with Gasteiger partial charge in [-0.25, -0.2) is 13.4 Å². The fraction of sp³-hybridized carbons (Fsp3) is 0.448. The van der Waals surface area contributed by atoms with Gasteiger partial charge in [0.2, 0.25) is 0 Å². The van der Waals surface area contributed by atoms with E-state index < -0.39 is 9.84 Å². The van der Waals surface area contributed by atoms with Gasteiger partial charge in [0.15, 0.2) is 15.7 Å². The molecular weight excluding hydrogens is 514 g/mol. The monoisotopic (exact) mass is 547 g/mol. The second-order valence-corrected chi connectivity index (χ2v) is 13.3. The molecule has 1 aliphatic heterocycles. The molecule has 39 heavy (non-hydrogen) atoms. The Balaban J connectivity index is 1.36. The van der Waals surface area contributed by atoms with Crippen molar-refractivity contribution in [2.75, 3.05) is 13.3 Å². The lowest BCUT2D eigenvalue weighted by atomic mass is 9.91. The molecule has 1 aromatic carbocycles. The third kappa shape index (κ3) is 4.54. The minimum absolute atomic E-state index is 0.0598. The van der Waals surface area contributed by atoms with Gasteiger partial charge < -0.3 is 14.8 Å². The summed E-state index contributed by atoms with van der Waals surface area (Å²) < 4.78 is 25.7. The number of pyridine rings is 1. The Kier molecular flexibility index (Phi) is 6.13. The molecule has 0 saturated heterocycles. The number of sulfone groups is 1. The van der Waals surface area contributed by atoms with Crippen molar-refractivity contribution in [1.82, 2.24) is 24.8 Å². The van der Waals surface area contributed by atoms with Gasteiger partial charge >= 0.3 is 0 Å². The topological polar surface area (TPSA) is 116 Å². The fourth-order valence-electron chi connectivity index (χ4n) is 5.70. The van der Waals surface area contributed by atoms with Crippen LogP contribution in [0.15, 0.2) is 35.4 Å². The summed E-state index contributed by atoms with van der Waals surface area (Å²) in [5, 5.41) is 0. The maximum Gasteiger partial charge on any atom is 0.274 e. The third-order valence-electron chi connectivity index (χ3n) is 8.56. The van der Waals surface area contributed by atoms with Gasteiger partial charge in [0, 0.05) is 43.8 Å². The Morgan fingerprint density at radius 1 is 1.15 bits per heavy atom. The molecule has 3 heterocycles. The average Bonchev–Trinajstić information content (AvgIpc) is 3.57. The van der Waals surface area contributed by atoms with Crippen LogP contribution in [0.25, 0.3) is 22.6 Å². The quantitative estimate of drug-likeness (QED) is 0.473. The lowest BCUT2D eigenvalue weighted by Crippen LogP contribution is -2.41. The van der Waals surface area contributed by atoms with Crippen LogP contribution in [0.4, 0.5) is 0 Å². The molecule has 2 aromatic heterocycles. The number of hydrogen-bond donors (Lipinski definition) is 1. The van der Waals surface area contributed by atoms with E-state index >= 15 is 0 Å². The summed E-state index contributed by atoms with van der Waals surface area (Å²) in [4.78, 5) is 42.3. The number of fused-ring (bicyclic) bond motifs is 1. The Bertz CT molecular complexity index is 1600. The zero-order valence-corrected chi connectivity index (χ0v) is 23.5. The molecule has 2 aliphatic carbocycles. The van der Waals surface area contributed by atoms with E-state index in [4.69, 9.17) is 0 Å². The Morgan fingerprint density at radius 2 is 1.90 bits per heavy atom. The summed E-state index contributed by atoms with van der Waals surface area (Å²) in [6.07, 6.45) is 8.16. The number of nitrogens with zero attached hydrogens (tertiary/aromatic N) is 4. The summed E-state index contributed by atoms with van der Waals surface area (Å²) in [6, 6.07) is 7.48. The molecule has 0 bridgehead atoms. The van der Waals surface area contributed by atoms with Gasteiger partial charge in [0.05, 0.1) is 10.5 Å². The second-order valence-electron chi connectivity index (χ2n) is 11.3. The molecule has 6 rings (SSSR count). The SMILES string of the molecule is Cc1[nH]c(-c2cc(-c3cc4c(c(S(C)(=O)=O)c3)C(=O)N([C@@H](C)C3CC3)C4)ccn2)nc1C(=O)N(C)C1CCC1. The number of aryl methyl sites for hydroxylation is 1. The highest BCUT2D eigenvalue weighted by molar-refractivity contribution is 7.90. The smallest absolute Gasteiger partial charge is 0.274 e. The van der Waals surface area contributed by atoms with Crippen LogP contribution in [-0.2, 0) is 16.4 Å². The van der Waals surface area contributed by atoms with E-state index in [9.17, 15) is 18.0 Å². The van der Waals surface area contributed by atoms with Gasteiger partial charge in [-0.05, 0) is 92.8 Å². The zero-order valence-electron chi connectivity index (χ0n) is 22.7. The first-order chi connectivity index (χ1) is 18.5. The van der Waals surface area contributed by atoms with Crippen LogP contribution in [0.2, 0.25) is 0 Å². The molecule has 204 valence electrons. The lowest BCUT2D eigenvalue weighted by molar-refractivity contribution is 0.0645. The van der Waals surface area contributed by atoms with Gasteiger partial charge in [-0.15, -0.1) is 0 Å². The molecule has 0 spiro atoms. The molecule has 1 atom stereocenters. The normalized spacial score (nSPS) is 18.2. The Labute approximate surface area is 228 Å². The largest absolute Gasteiger partial charge is 0.340 e. The summed E-state index contributed by atoms with van der Waals surface area (Å²) >= 11 is 0. The van der Waals surface area contributed by atoms with Crippen molar-refractivity contribution < 1.29 is 18.0 Å². The summed E-state index contributed by atoms with van der Waals surface area (Å²) in [6.45, 7) is 4.27. The number of imidazole rings is 1. The number of carbonyl (C=O) groups is 2. The summed E-state index contributed by atoms with van der Waals surface area (Å²) in [5.74, 6) is 0.641. The fourth-order valence-corrected chi connectivity index (χ4v) is 6.63. The third-order valence-corrected chi connectivity index (χ3v) is 9.68. The van der Waals surface area contributed by atoms with E-state index in [-0.39, 0.29) is 28.8 Å². The Morgan fingerprint density at radius 3 is 2.54 bits per heavy atom. The highest BCUT2D eigenvalue weighted by Crippen LogP contribution is 2.41. The molecule has 2 fully saturated rings. The molecule has 3 aromatic rings. The molecular formula is C29H33N5O4S. The van der Waals surface area contributed by atoms with Crippen LogP contribution in [0.3, 0.4) is 0 Å². The van der Waals surface area contributed by atoms with Crippen molar-refractivity contribution >= 4 is 21.7 Å². The molecule has 2 saturated carbocycles. The maximum absolute atomic E-state index is 13.3. The van der Waals surface area contributed by atoms with Crippen molar-refractivity contribution in [3.05, 3.63) is 53.0 Å². The van der Waals surface area contributed by atoms with Crippen LogP contribution >= 0.6 is 0 Å². The van der Waals surface area contributed by atoms with Crippen molar-refractivity contribution in [3.8, 4) is 22.6 Å². The van der Waals surface area contributed by atoms with E-state index in [1.54, 1.807) is 17.2 Å². The average molecular weight is 548 g/mol. The highest BCUT2D eigenvalue weighted by atomic mass is 32.2. The molecule has 3 aliphatic rings. The maximum atomic E-state index is 13.3. The van der Waals surface area contributed by atoms with Crippen LogP contribution in [0.1, 0.15) is 71.1 Å². The number of hydrogen-bond acceptors (Lipinski definition) is 6. The van der Waals surface area contributed by atoms with Crippen molar-refractivity contribution in [1.29, 1.82) is 0 Å². The van der Waals surface area contributed by atoms with Crippen molar-refractivity contribution in [3.63, 3.8) is 0 Å². The van der Waals surface area contributed by atoms with Gasteiger partial charge in [-0.1, -0.05) is 0 Å². The first kappa shape index (κ1) is 25.7. The number of H-pyrrole nitrogens is 1. The standard InChI is InChI=1S/C29H33N5O4S/c1-16-26(29(36)33(3)22-6-5-7-22)32-27(31-16)23-13-19(10-11-30-23)20-12-21-15-34(17(2)18-8-9-18)28(35)25(21)24(14-20)39(4,37)38/h10-14,17-18,22H,5-9,15H2,1-4H3,(H,31,32)/t17-/m0/s1. The van der Waals surface area contributed by atoms with Crippen LogP contribution in [-0.4, -0.2) is 70.4 Å². The van der Waals surface area contributed by atoms with E-state index in [2.05, 4.69) is 15.0 Å². The van der Waals surface area contributed by atoms with E-state index in [0.29, 0.717) is 46.5 Å². The van der Waals surface area contributed by atoms with Gasteiger partial charge in [-0.3, -0.25) is 14.6 Å². The molecule has 10 heteroatoms. The molecule has 0 unspecified atom stereocenters. The zero-order chi connectivity index (χ0) is 27.6. The molecule has 1 N–H and O–H groups in total. The van der Waals surface area contributed by atoms with E-state index in [0.717, 1.165) is 49.5 Å².